The third-order valence-electron chi connectivity index (χ3n) is 4.78. The van der Waals surface area contributed by atoms with Gasteiger partial charge in [-0.2, -0.15) is 0 Å². The van der Waals surface area contributed by atoms with Gasteiger partial charge >= 0.3 is 8.25 Å². The van der Waals surface area contributed by atoms with Gasteiger partial charge in [-0.1, -0.05) is 0 Å². The van der Waals surface area contributed by atoms with E-state index in [1.54, 1.807) is 23.7 Å². The molecule has 1 aliphatic heterocycles. The molecule has 1 unspecified atom stereocenters. The molecule has 8 nitrogen and oxygen atoms in total. The number of aromatic nitrogens is 3. The van der Waals surface area contributed by atoms with Gasteiger partial charge in [0.1, 0.15) is 17.8 Å². The molecule has 1 aliphatic rings. The molecule has 9 heteroatoms. The Kier molecular flexibility index (Phi) is 5.83. The smallest absolute Gasteiger partial charge is 0.316 e. The summed E-state index contributed by atoms with van der Waals surface area (Å²) in [5, 5.41) is 0.893. The second-order valence-corrected chi connectivity index (χ2v) is 7.17. The molecule has 0 bridgehead atoms. The van der Waals surface area contributed by atoms with Crippen molar-refractivity contribution in [2.75, 3.05) is 24.6 Å². The highest BCUT2D eigenvalue weighted by Gasteiger charge is 2.22. The number of nitrogens with zero attached hydrogens (tertiary/aromatic N) is 4. The van der Waals surface area contributed by atoms with Crippen molar-refractivity contribution in [2.24, 2.45) is 13.0 Å². The zero-order chi connectivity index (χ0) is 17.8. The Labute approximate surface area is 146 Å². The van der Waals surface area contributed by atoms with Crippen molar-refractivity contribution in [1.82, 2.24) is 14.5 Å². The van der Waals surface area contributed by atoms with Gasteiger partial charge in [0.05, 0.1) is 12.0 Å². The highest BCUT2D eigenvalue weighted by molar-refractivity contribution is 7.32. The summed E-state index contributed by atoms with van der Waals surface area (Å²) in [4.78, 5) is 31.4. The fraction of sp³-hybridized carbons (Fsp3) is 0.562. The summed E-state index contributed by atoms with van der Waals surface area (Å²) in [5.74, 6) is 1.47. The topological polar surface area (TPSA) is 97.5 Å². The van der Waals surface area contributed by atoms with Crippen molar-refractivity contribution in [3.05, 3.63) is 28.8 Å². The third kappa shape index (κ3) is 4.26. The Morgan fingerprint density at radius 2 is 2.08 bits per heavy atom. The van der Waals surface area contributed by atoms with Crippen LogP contribution < -0.4 is 10.5 Å². The summed E-state index contributed by atoms with van der Waals surface area (Å²) in [6, 6.07) is 3.35. The number of pyridine rings is 1. The number of aryl methyl sites for hydroxylation is 1. The lowest BCUT2D eigenvalue weighted by atomic mass is 9.92. The maximum atomic E-state index is 11.8. The zero-order valence-corrected chi connectivity index (χ0v) is 15.2. The molecule has 25 heavy (non-hydrogen) atoms. The second kappa shape index (κ2) is 8.08. The third-order valence-corrected chi connectivity index (χ3v) is 5.23. The number of hydrogen-bond donors (Lipinski definition) is 1. The Bertz CT molecular complexity index is 817. The number of rotatable bonds is 6. The van der Waals surface area contributed by atoms with Crippen molar-refractivity contribution in [3.63, 3.8) is 0 Å². The predicted octanol–water partition coefficient (Wildman–Crippen LogP) is 1.72. The molecular formula is C16H23N4O4P. The first kappa shape index (κ1) is 18.0. The number of piperidine rings is 1. The molecule has 2 aromatic rings. The summed E-state index contributed by atoms with van der Waals surface area (Å²) < 4.78 is 16.8. The highest BCUT2D eigenvalue weighted by atomic mass is 31.1. The van der Waals surface area contributed by atoms with Crippen LogP contribution in [0.15, 0.2) is 23.3 Å². The summed E-state index contributed by atoms with van der Waals surface area (Å²) >= 11 is 0. The van der Waals surface area contributed by atoms with Crippen LogP contribution in [-0.4, -0.2) is 39.1 Å². The lowest BCUT2D eigenvalue weighted by Crippen LogP contribution is -2.34. The lowest BCUT2D eigenvalue weighted by Gasteiger charge is -2.33. The average molecular weight is 366 g/mol. The average Bonchev–Trinajstić information content (AvgIpc) is 2.62. The fourth-order valence-electron chi connectivity index (χ4n) is 3.38. The maximum absolute atomic E-state index is 11.8. The normalized spacial score (nSPS) is 17.1. The Morgan fingerprint density at radius 3 is 2.80 bits per heavy atom. The second-order valence-electron chi connectivity index (χ2n) is 6.35. The summed E-state index contributed by atoms with van der Waals surface area (Å²) in [7, 11) is -1.09. The van der Waals surface area contributed by atoms with E-state index in [0.29, 0.717) is 18.2 Å². The van der Waals surface area contributed by atoms with E-state index >= 15 is 0 Å². The van der Waals surface area contributed by atoms with Gasteiger partial charge in [-0.25, -0.2) is 9.97 Å². The zero-order valence-electron chi connectivity index (χ0n) is 14.2. The van der Waals surface area contributed by atoms with E-state index in [1.807, 2.05) is 0 Å². The molecule has 0 aliphatic carbocycles. The van der Waals surface area contributed by atoms with Crippen LogP contribution in [-0.2, 0) is 16.1 Å². The van der Waals surface area contributed by atoms with Crippen molar-refractivity contribution in [1.29, 1.82) is 0 Å². The molecule has 0 amide bonds. The summed E-state index contributed by atoms with van der Waals surface area (Å²) in [6.45, 7) is 2.15. The fourth-order valence-corrected chi connectivity index (χ4v) is 3.70. The molecular weight excluding hydrogens is 343 g/mol. The number of fused-ring (bicyclic) bond motifs is 1. The van der Waals surface area contributed by atoms with Crippen LogP contribution in [0.25, 0.3) is 11.0 Å². The van der Waals surface area contributed by atoms with Crippen LogP contribution >= 0.6 is 8.25 Å². The van der Waals surface area contributed by atoms with Crippen LogP contribution in [0.3, 0.4) is 0 Å². The minimum absolute atomic E-state index is 0.0801. The SMILES string of the molecule is Cn1c(=O)ccc2c(N3CCC(CCCO[PH](=O)O)CC3)ncnc21. The lowest BCUT2D eigenvalue weighted by molar-refractivity contribution is 0.258. The van der Waals surface area contributed by atoms with Crippen LogP contribution in [0.5, 0.6) is 0 Å². The predicted molar refractivity (Wildman–Crippen MR) is 96.1 cm³/mol. The monoisotopic (exact) mass is 366 g/mol. The van der Waals surface area contributed by atoms with Crippen LogP contribution in [0.4, 0.5) is 5.82 Å². The van der Waals surface area contributed by atoms with E-state index in [1.165, 1.54) is 6.33 Å². The van der Waals surface area contributed by atoms with E-state index in [9.17, 15) is 9.36 Å². The van der Waals surface area contributed by atoms with Gasteiger partial charge in [-0.05, 0) is 37.7 Å². The van der Waals surface area contributed by atoms with Crippen molar-refractivity contribution in [3.8, 4) is 0 Å². The van der Waals surface area contributed by atoms with Crippen LogP contribution in [0, 0.1) is 5.92 Å². The molecule has 0 spiro atoms. The number of anilines is 1. The van der Waals surface area contributed by atoms with Crippen LogP contribution in [0.2, 0.25) is 0 Å². The molecule has 1 atom stereocenters. The Morgan fingerprint density at radius 1 is 1.32 bits per heavy atom. The molecule has 0 radical (unpaired) electrons. The Hall–Kier alpha value is -1.76. The van der Waals surface area contributed by atoms with Gasteiger partial charge in [0.25, 0.3) is 5.56 Å². The van der Waals surface area contributed by atoms with Gasteiger partial charge in [0.15, 0.2) is 0 Å². The van der Waals surface area contributed by atoms with E-state index < -0.39 is 8.25 Å². The molecule has 1 fully saturated rings. The largest absolute Gasteiger partial charge is 0.356 e. The van der Waals surface area contributed by atoms with Crippen LogP contribution in [0.1, 0.15) is 25.7 Å². The molecule has 136 valence electrons. The maximum Gasteiger partial charge on any atom is 0.316 e. The minimum Gasteiger partial charge on any atom is -0.356 e. The van der Waals surface area contributed by atoms with Gasteiger partial charge < -0.3 is 14.3 Å². The van der Waals surface area contributed by atoms with Gasteiger partial charge in [-0.15, -0.1) is 0 Å². The first-order valence-electron chi connectivity index (χ1n) is 8.47. The van der Waals surface area contributed by atoms with E-state index in [-0.39, 0.29) is 5.56 Å². The molecule has 3 heterocycles. The van der Waals surface area contributed by atoms with Gasteiger partial charge in [0.2, 0.25) is 0 Å². The van der Waals surface area contributed by atoms with Gasteiger partial charge in [-0.3, -0.25) is 13.9 Å². The molecule has 1 saturated heterocycles. The van der Waals surface area contributed by atoms with E-state index in [4.69, 9.17) is 9.42 Å². The first-order chi connectivity index (χ1) is 12.1. The number of hydrogen-bond acceptors (Lipinski definition) is 6. The first-order valence-corrected chi connectivity index (χ1v) is 9.74. The molecule has 1 N–H and O–H groups in total. The van der Waals surface area contributed by atoms with Gasteiger partial charge in [0, 0.05) is 26.2 Å². The van der Waals surface area contributed by atoms with Crippen molar-refractivity contribution in [2.45, 2.75) is 25.7 Å². The minimum atomic E-state index is -2.81. The quantitative estimate of drug-likeness (QED) is 0.614. The molecule has 2 aromatic heterocycles. The van der Waals surface area contributed by atoms with Crippen molar-refractivity contribution >= 4 is 25.1 Å². The summed E-state index contributed by atoms with van der Waals surface area (Å²) in [6.07, 6.45) is 5.41. The molecule has 0 saturated carbocycles. The van der Waals surface area contributed by atoms with E-state index in [0.717, 1.165) is 50.0 Å². The highest BCUT2D eigenvalue weighted by Crippen LogP contribution is 2.28. The standard InChI is InChI=1S/C16H23N4O4P/c1-19-14(21)5-4-13-15(19)17-11-18-16(13)20-8-6-12(7-9-20)3-2-10-24-25(22)23/h4-5,11-12,25H,2-3,6-10H2,1H3,(H,22,23). The molecule has 3 rings (SSSR count). The van der Waals surface area contributed by atoms with Crippen molar-refractivity contribution < 1.29 is 14.0 Å². The summed E-state index contributed by atoms with van der Waals surface area (Å²) in [5.41, 5.74) is 0.569. The molecule has 0 aromatic carbocycles. The Balaban J connectivity index is 1.64. The van der Waals surface area contributed by atoms with E-state index in [2.05, 4.69) is 14.9 Å².